The normalized spacial score (nSPS) is 11.3. The summed E-state index contributed by atoms with van der Waals surface area (Å²) in [5.74, 6) is -0.181. The van der Waals surface area contributed by atoms with Gasteiger partial charge < -0.3 is 4.90 Å². The van der Waals surface area contributed by atoms with Gasteiger partial charge in [-0.3, -0.25) is 4.79 Å². The number of amides is 1. The number of nitrogens with zero attached hydrogens (tertiary/aromatic N) is 1. The first-order chi connectivity index (χ1) is 11.3. The number of nitrogens with one attached hydrogen (secondary N) is 1. The summed E-state index contributed by atoms with van der Waals surface area (Å²) >= 11 is 6.10. The largest absolute Gasteiger partial charge is 0.311 e. The zero-order valence-electron chi connectivity index (χ0n) is 13.5. The third kappa shape index (κ3) is 4.35. The van der Waals surface area contributed by atoms with Gasteiger partial charge in [-0.05, 0) is 36.8 Å². The maximum atomic E-state index is 12.2. The molecule has 1 amide bonds. The molecule has 0 aliphatic rings. The van der Waals surface area contributed by atoms with Gasteiger partial charge in [-0.2, -0.15) is 0 Å². The molecule has 1 N–H and O–H groups in total. The molecule has 0 heterocycles. The van der Waals surface area contributed by atoms with Crippen LogP contribution >= 0.6 is 11.6 Å². The van der Waals surface area contributed by atoms with Crippen LogP contribution in [0, 0.1) is 6.92 Å². The second-order valence-corrected chi connectivity index (χ2v) is 7.44. The van der Waals surface area contributed by atoms with Gasteiger partial charge in [-0.1, -0.05) is 35.9 Å². The number of anilines is 1. The third-order valence-electron chi connectivity index (χ3n) is 3.59. The van der Waals surface area contributed by atoms with Crippen molar-refractivity contribution in [3.8, 4) is 0 Å². The van der Waals surface area contributed by atoms with Gasteiger partial charge in [0.25, 0.3) is 0 Å². The molecule has 128 valence electrons. The molecule has 2 aromatic carbocycles. The zero-order valence-corrected chi connectivity index (χ0v) is 15.1. The standard InChI is InChI=1S/C17H19ClN2O3S/c1-13-16(18)9-6-10-17(13)20(14(2)21)12-11-19-24(22,23)15-7-4-3-5-8-15/h3-10,19H,11-12H2,1-2H3. The molecule has 7 heteroatoms. The maximum Gasteiger partial charge on any atom is 0.240 e. The zero-order chi connectivity index (χ0) is 17.7. The van der Waals surface area contributed by atoms with Crippen LogP contribution in [0.1, 0.15) is 12.5 Å². The van der Waals surface area contributed by atoms with Crippen molar-refractivity contribution in [2.24, 2.45) is 0 Å². The lowest BCUT2D eigenvalue weighted by Gasteiger charge is -2.23. The summed E-state index contributed by atoms with van der Waals surface area (Å²) in [5.41, 5.74) is 1.45. The molecule has 0 fully saturated rings. The lowest BCUT2D eigenvalue weighted by atomic mass is 10.1. The van der Waals surface area contributed by atoms with Gasteiger partial charge in [0, 0.05) is 30.7 Å². The molecule has 0 spiro atoms. The SMILES string of the molecule is CC(=O)N(CCNS(=O)(=O)c1ccccc1)c1cccc(Cl)c1C. The Hall–Kier alpha value is -1.89. The smallest absolute Gasteiger partial charge is 0.240 e. The van der Waals surface area contributed by atoms with Crippen molar-refractivity contribution in [3.05, 3.63) is 59.1 Å². The Bertz CT molecular complexity index is 823. The average Bonchev–Trinajstić information content (AvgIpc) is 2.55. The van der Waals surface area contributed by atoms with Crippen molar-refractivity contribution < 1.29 is 13.2 Å². The van der Waals surface area contributed by atoms with E-state index in [-0.39, 0.29) is 23.9 Å². The van der Waals surface area contributed by atoms with Crippen LogP contribution in [0.4, 0.5) is 5.69 Å². The summed E-state index contributed by atoms with van der Waals surface area (Å²) in [6, 6.07) is 13.4. The summed E-state index contributed by atoms with van der Waals surface area (Å²) in [6.07, 6.45) is 0. The average molecular weight is 367 g/mol. The highest BCUT2D eigenvalue weighted by Crippen LogP contribution is 2.26. The molecule has 0 aliphatic heterocycles. The van der Waals surface area contributed by atoms with Gasteiger partial charge in [0.2, 0.25) is 15.9 Å². The van der Waals surface area contributed by atoms with Gasteiger partial charge >= 0.3 is 0 Å². The van der Waals surface area contributed by atoms with Gasteiger partial charge in [-0.15, -0.1) is 0 Å². The fourth-order valence-corrected chi connectivity index (χ4v) is 3.52. The Morgan fingerprint density at radius 2 is 1.79 bits per heavy atom. The van der Waals surface area contributed by atoms with Crippen LogP contribution in [0.15, 0.2) is 53.4 Å². The van der Waals surface area contributed by atoms with E-state index in [1.807, 2.05) is 6.92 Å². The number of carbonyl (C=O) groups excluding carboxylic acids is 1. The summed E-state index contributed by atoms with van der Waals surface area (Å²) in [7, 11) is -3.60. The molecule has 24 heavy (non-hydrogen) atoms. The molecule has 0 radical (unpaired) electrons. The van der Waals surface area contributed by atoms with Crippen LogP contribution in [-0.2, 0) is 14.8 Å². The lowest BCUT2D eigenvalue weighted by molar-refractivity contribution is -0.116. The van der Waals surface area contributed by atoms with E-state index in [0.717, 1.165) is 5.56 Å². The van der Waals surface area contributed by atoms with E-state index in [2.05, 4.69) is 4.72 Å². The number of hydrogen-bond donors (Lipinski definition) is 1. The van der Waals surface area contributed by atoms with Crippen LogP contribution in [-0.4, -0.2) is 27.4 Å². The van der Waals surface area contributed by atoms with Crippen molar-refractivity contribution in [2.45, 2.75) is 18.7 Å². The summed E-state index contributed by atoms with van der Waals surface area (Å²) < 4.78 is 26.9. The second-order valence-electron chi connectivity index (χ2n) is 5.27. The monoisotopic (exact) mass is 366 g/mol. The molecule has 5 nitrogen and oxygen atoms in total. The van der Waals surface area contributed by atoms with E-state index in [9.17, 15) is 13.2 Å². The molecule has 2 aromatic rings. The summed E-state index contributed by atoms with van der Waals surface area (Å²) in [4.78, 5) is 13.6. The first-order valence-corrected chi connectivity index (χ1v) is 9.27. The molecule has 0 saturated heterocycles. The molecule has 0 bridgehead atoms. The molecule has 0 atom stereocenters. The molecule has 2 rings (SSSR count). The quantitative estimate of drug-likeness (QED) is 0.854. The van der Waals surface area contributed by atoms with Gasteiger partial charge in [0.15, 0.2) is 0 Å². The molecule has 0 aliphatic carbocycles. The predicted octanol–water partition coefficient (Wildman–Crippen LogP) is 2.98. The van der Waals surface area contributed by atoms with E-state index in [0.29, 0.717) is 10.7 Å². The topological polar surface area (TPSA) is 66.5 Å². The fourth-order valence-electron chi connectivity index (χ4n) is 2.31. The highest BCUT2D eigenvalue weighted by atomic mass is 35.5. The first kappa shape index (κ1) is 18.4. The number of benzene rings is 2. The van der Waals surface area contributed by atoms with E-state index in [1.54, 1.807) is 36.4 Å². The Balaban J connectivity index is 2.11. The number of halogens is 1. The van der Waals surface area contributed by atoms with E-state index >= 15 is 0 Å². The maximum absolute atomic E-state index is 12.2. The van der Waals surface area contributed by atoms with Crippen LogP contribution < -0.4 is 9.62 Å². The van der Waals surface area contributed by atoms with Crippen molar-refractivity contribution in [1.29, 1.82) is 0 Å². The molecule has 0 aromatic heterocycles. The van der Waals surface area contributed by atoms with Crippen molar-refractivity contribution >= 4 is 33.2 Å². The van der Waals surface area contributed by atoms with Crippen molar-refractivity contribution in [1.82, 2.24) is 4.72 Å². The number of rotatable bonds is 6. The van der Waals surface area contributed by atoms with E-state index in [4.69, 9.17) is 11.6 Å². The minimum absolute atomic E-state index is 0.1000. The Morgan fingerprint density at radius 1 is 1.12 bits per heavy atom. The Morgan fingerprint density at radius 3 is 2.42 bits per heavy atom. The van der Waals surface area contributed by atoms with Crippen molar-refractivity contribution in [3.63, 3.8) is 0 Å². The Labute approximate surface area is 147 Å². The van der Waals surface area contributed by atoms with Crippen LogP contribution in [0.2, 0.25) is 5.02 Å². The Kier molecular flexibility index (Phi) is 5.99. The third-order valence-corrected chi connectivity index (χ3v) is 5.48. The number of sulfonamides is 1. The minimum Gasteiger partial charge on any atom is -0.311 e. The van der Waals surface area contributed by atoms with E-state index < -0.39 is 10.0 Å². The van der Waals surface area contributed by atoms with Gasteiger partial charge in [0.1, 0.15) is 0 Å². The van der Waals surface area contributed by atoms with Gasteiger partial charge in [-0.25, -0.2) is 13.1 Å². The number of hydrogen-bond acceptors (Lipinski definition) is 3. The minimum atomic E-state index is -3.60. The highest BCUT2D eigenvalue weighted by molar-refractivity contribution is 7.89. The second kappa shape index (κ2) is 7.79. The summed E-state index contributed by atoms with van der Waals surface area (Å²) in [6.45, 7) is 3.57. The fraction of sp³-hybridized carbons (Fsp3) is 0.235. The highest BCUT2D eigenvalue weighted by Gasteiger charge is 2.17. The molecular formula is C17H19ClN2O3S. The van der Waals surface area contributed by atoms with E-state index in [1.165, 1.54) is 24.0 Å². The molecule has 0 saturated carbocycles. The van der Waals surface area contributed by atoms with Crippen LogP contribution in [0.3, 0.4) is 0 Å². The van der Waals surface area contributed by atoms with Gasteiger partial charge in [0.05, 0.1) is 4.90 Å². The summed E-state index contributed by atoms with van der Waals surface area (Å²) in [5, 5.41) is 0.559. The lowest BCUT2D eigenvalue weighted by Crippen LogP contribution is -2.37. The first-order valence-electron chi connectivity index (χ1n) is 7.41. The van der Waals surface area contributed by atoms with Crippen LogP contribution in [0.5, 0.6) is 0 Å². The number of carbonyl (C=O) groups is 1. The van der Waals surface area contributed by atoms with Crippen molar-refractivity contribution in [2.75, 3.05) is 18.0 Å². The van der Waals surface area contributed by atoms with Crippen LogP contribution in [0.25, 0.3) is 0 Å². The molecule has 0 unspecified atom stereocenters. The molecular weight excluding hydrogens is 348 g/mol. The predicted molar refractivity (Wildman–Crippen MR) is 95.8 cm³/mol.